The lowest BCUT2D eigenvalue weighted by Crippen LogP contribution is -2.25. The van der Waals surface area contributed by atoms with Crippen LogP contribution in [0.15, 0.2) is 23.1 Å². The van der Waals surface area contributed by atoms with Gasteiger partial charge in [-0.05, 0) is 43.4 Å². The molecule has 3 rings (SSSR count). The van der Waals surface area contributed by atoms with E-state index in [4.69, 9.17) is 16.3 Å². The maximum Gasteiger partial charge on any atom is 0.343 e. The number of ether oxygens (including phenoxy) is 1. The summed E-state index contributed by atoms with van der Waals surface area (Å²) in [5.74, 6) is -0.697. The normalized spacial score (nSPS) is 14.5. The molecule has 2 aromatic rings. The highest BCUT2D eigenvalue weighted by molar-refractivity contribution is 6.31. The van der Waals surface area contributed by atoms with Crippen LogP contribution < -0.4 is 5.56 Å². The maximum absolute atomic E-state index is 13.4. The highest BCUT2D eigenvalue weighted by Gasteiger charge is 2.31. The van der Waals surface area contributed by atoms with Crippen LogP contribution >= 0.6 is 11.6 Å². The van der Waals surface area contributed by atoms with Gasteiger partial charge in [-0.15, -0.1) is 0 Å². The summed E-state index contributed by atoms with van der Waals surface area (Å²) in [5.41, 5.74) is -0.544. The molecule has 122 valence electrons. The minimum atomic E-state index is -2.82. The number of fused-ring (bicyclic) bond motifs is 1. The largest absolute Gasteiger partial charge is 0.462 e. The van der Waals surface area contributed by atoms with Gasteiger partial charge in [-0.2, -0.15) is 0 Å². The van der Waals surface area contributed by atoms with E-state index in [0.717, 1.165) is 17.2 Å². The lowest BCUT2D eigenvalue weighted by molar-refractivity contribution is 0.0524. The van der Waals surface area contributed by atoms with Crippen LogP contribution in [0.5, 0.6) is 0 Å². The van der Waals surface area contributed by atoms with E-state index in [2.05, 4.69) is 0 Å². The highest BCUT2D eigenvalue weighted by atomic mass is 35.5. The van der Waals surface area contributed by atoms with Crippen molar-refractivity contribution >= 4 is 23.1 Å². The topological polar surface area (TPSA) is 47.8 Å². The molecule has 0 aliphatic heterocycles. The third-order valence-electron chi connectivity index (χ3n) is 3.88. The lowest BCUT2D eigenvalue weighted by Gasteiger charge is -2.15. The SMILES string of the molecule is CCOC(=O)c1cc(C2CC2)c2c(C(F)F)c(Cl)ccn2c1=O. The fraction of sp³-hybridized carbons (Fsp3) is 0.375. The number of pyridine rings is 2. The summed E-state index contributed by atoms with van der Waals surface area (Å²) >= 11 is 5.91. The van der Waals surface area contributed by atoms with Crippen LogP contribution in [0.3, 0.4) is 0 Å². The Kier molecular flexibility index (Phi) is 4.10. The van der Waals surface area contributed by atoms with Gasteiger partial charge in [0.05, 0.1) is 22.7 Å². The van der Waals surface area contributed by atoms with Crippen LogP contribution in [0, 0.1) is 0 Å². The van der Waals surface area contributed by atoms with Crippen molar-refractivity contribution in [3.8, 4) is 0 Å². The monoisotopic (exact) mass is 341 g/mol. The quantitative estimate of drug-likeness (QED) is 0.791. The van der Waals surface area contributed by atoms with Crippen molar-refractivity contribution in [2.75, 3.05) is 6.61 Å². The minimum absolute atomic E-state index is 0.0507. The molecule has 0 saturated heterocycles. The van der Waals surface area contributed by atoms with Crippen molar-refractivity contribution in [3.05, 3.63) is 50.4 Å². The van der Waals surface area contributed by atoms with Crippen molar-refractivity contribution in [1.82, 2.24) is 4.40 Å². The van der Waals surface area contributed by atoms with Crippen molar-refractivity contribution in [2.45, 2.75) is 32.1 Å². The number of hydrogen-bond donors (Lipinski definition) is 0. The Morgan fingerprint density at radius 2 is 2.17 bits per heavy atom. The summed E-state index contributed by atoms with van der Waals surface area (Å²) in [5, 5.41) is -0.0924. The van der Waals surface area contributed by atoms with Gasteiger partial charge in [0, 0.05) is 6.20 Å². The number of carbonyl (C=O) groups is 1. The van der Waals surface area contributed by atoms with E-state index in [1.807, 2.05) is 0 Å². The van der Waals surface area contributed by atoms with Gasteiger partial charge in [0.25, 0.3) is 12.0 Å². The molecular weight excluding hydrogens is 328 g/mol. The summed E-state index contributed by atoms with van der Waals surface area (Å²) in [7, 11) is 0. The number of alkyl halides is 2. The van der Waals surface area contributed by atoms with Gasteiger partial charge in [0.1, 0.15) is 5.56 Å². The molecule has 0 amide bonds. The van der Waals surface area contributed by atoms with E-state index in [-0.39, 0.29) is 34.2 Å². The standard InChI is InChI=1S/C16H14ClF2NO3/c1-2-23-16(22)10-7-9(8-3-4-8)13-12(14(18)19)11(17)5-6-20(13)15(10)21/h5-8,14H,2-4H2,1H3. The van der Waals surface area contributed by atoms with Gasteiger partial charge in [-0.3, -0.25) is 9.20 Å². The van der Waals surface area contributed by atoms with Crippen LogP contribution in [0.2, 0.25) is 5.02 Å². The van der Waals surface area contributed by atoms with Crippen molar-refractivity contribution in [2.24, 2.45) is 0 Å². The molecule has 0 N–H and O–H groups in total. The van der Waals surface area contributed by atoms with Gasteiger partial charge >= 0.3 is 5.97 Å². The smallest absolute Gasteiger partial charge is 0.343 e. The number of aromatic nitrogens is 1. The molecular formula is C16H14ClF2NO3. The summed E-state index contributed by atoms with van der Waals surface area (Å²) in [4.78, 5) is 24.5. The Hall–Kier alpha value is -1.95. The van der Waals surface area contributed by atoms with Crippen molar-refractivity contribution < 1.29 is 18.3 Å². The first kappa shape index (κ1) is 15.9. The fourth-order valence-corrected chi connectivity index (χ4v) is 2.92. The second-order valence-electron chi connectivity index (χ2n) is 5.41. The molecule has 2 aromatic heterocycles. The van der Waals surface area contributed by atoms with E-state index in [9.17, 15) is 18.4 Å². The molecule has 0 radical (unpaired) electrons. The second kappa shape index (κ2) is 5.92. The first-order valence-corrected chi connectivity index (χ1v) is 7.66. The van der Waals surface area contributed by atoms with Gasteiger partial charge in [-0.1, -0.05) is 11.6 Å². The molecule has 4 nitrogen and oxygen atoms in total. The molecule has 23 heavy (non-hydrogen) atoms. The second-order valence-corrected chi connectivity index (χ2v) is 5.82. The molecule has 2 heterocycles. The predicted octanol–water partition coefficient (Wildman–Crippen LogP) is 3.94. The molecule has 1 fully saturated rings. The number of esters is 1. The summed E-state index contributed by atoms with van der Waals surface area (Å²) in [6, 6.07) is 2.62. The lowest BCUT2D eigenvalue weighted by atomic mass is 10.0. The van der Waals surface area contributed by atoms with Gasteiger partial charge < -0.3 is 4.74 Å². The van der Waals surface area contributed by atoms with E-state index in [0.29, 0.717) is 5.56 Å². The third kappa shape index (κ3) is 2.72. The van der Waals surface area contributed by atoms with Crippen LogP contribution in [0.1, 0.15) is 53.6 Å². The number of rotatable bonds is 4. The van der Waals surface area contributed by atoms with Crippen molar-refractivity contribution in [3.63, 3.8) is 0 Å². The average molecular weight is 342 g/mol. The zero-order valence-corrected chi connectivity index (χ0v) is 13.1. The predicted molar refractivity (Wildman–Crippen MR) is 81.6 cm³/mol. The van der Waals surface area contributed by atoms with Crippen LogP contribution in [0.25, 0.3) is 5.52 Å². The molecule has 0 spiro atoms. The fourth-order valence-electron chi connectivity index (χ4n) is 2.69. The molecule has 0 bridgehead atoms. The summed E-state index contributed by atoms with van der Waals surface area (Å²) in [6.07, 6.45) is 0.154. The molecule has 7 heteroatoms. The Balaban J connectivity index is 2.38. The number of carbonyl (C=O) groups excluding carboxylic acids is 1. The average Bonchev–Trinajstić information content (AvgIpc) is 3.31. The zero-order valence-electron chi connectivity index (χ0n) is 12.3. The number of halogens is 3. The molecule has 1 aliphatic carbocycles. The Morgan fingerprint density at radius 3 is 2.74 bits per heavy atom. The van der Waals surface area contributed by atoms with E-state index >= 15 is 0 Å². The van der Waals surface area contributed by atoms with Crippen LogP contribution in [-0.4, -0.2) is 17.0 Å². The van der Waals surface area contributed by atoms with Crippen LogP contribution in [-0.2, 0) is 4.74 Å². The zero-order chi connectivity index (χ0) is 16.7. The summed E-state index contributed by atoms with van der Waals surface area (Å²) < 4.78 is 32.8. The summed E-state index contributed by atoms with van der Waals surface area (Å²) in [6.45, 7) is 1.76. The van der Waals surface area contributed by atoms with E-state index in [1.54, 1.807) is 6.92 Å². The third-order valence-corrected chi connectivity index (χ3v) is 4.21. The van der Waals surface area contributed by atoms with Gasteiger partial charge in [0.2, 0.25) is 0 Å². The molecule has 1 saturated carbocycles. The van der Waals surface area contributed by atoms with Crippen LogP contribution in [0.4, 0.5) is 8.78 Å². The Labute approximate surface area is 135 Å². The Morgan fingerprint density at radius 1 is 1.48 bits per heavy atom. The maximum atomic E-state index is 13.4. The molecule has 1 aliphatic rings. The van der Waals surface area contributed by atoms with Gasteiger partial charge in [0.15, 0.2) is 0 Å². The first-order valence-electron chi connectivity index (χ1n) is 7.28. The molecule has 0 aromatic carbocycles. The number of hydrogen-bond acceptors (Lipinski definition) is 3. The molecule has 0 atom stereocenters. The van der Waals surface area contributed by atoms with E-state index < -0.39 is 18.0 Å². The van der Waals surface area contributed by atoms with Gasteiger partial charge in [-0.25, -0.2) is 13.6 Å². The minimum Gasteiger partial charge on any atom is -0.462 e. The highest BCUT2D eigenvalue weighted by Crippen LogP contribution is 2.44. The molecule has 0 unspecified atom stereocenters. The van der Waals surface area contributed by atoms with E-state index in [1.165, 1.54) is 18.3 Å². The van der Waals surface area contributed by atoms with Crippen molar-refractivity contribution in [1.29, 1.82) is 0 Å². The number of nitrogens with zero attached hydrogens (tertiary/aromatic N) is 1. The first-order chi connectivity index (χ1) is 11.0. The Bertz CT molecular complexity index is 843.